The molecule has 8 heteroatoms. The molecular formula is C15H15NO5S2. The topological polar surface area (TPSA) is 87.1 Å². The molecule has 0 spiro atoms. The molecule has 2 N–H and O–H groups in total. The number of thiocarbonyl (C=S) groups is 1. The average Bonchev–Trinajstić information content (AvgIpc) is 2.77. The molecular weight excluding hydrogens is 338 g/mol. The number of hydrogen-bond donors (Lipinski definition) is 2. The Hall–Kier alpha value is -2.06. The first kappa shape index (κ1) is 17.3. The Morgan fingerprint density at radius 3 is 2.78 bits per heavy atom. The van der Waals surface area contributed by atoms with Crippen LogP contribution in [-0.4, -0.2) is 44.5 Å². The molecule has 0 saturated carbocycles. The van der Waals surface area contributed by atoms with Crippen molar-refractivity contribution in [1.82, 2.24) is 4.90 Å². The van der Waals surface area contributed by atoms with Crippen LogP contribution in [0.1, 0.15) is 18.9 Å². The molecule has 1 aromatic rings. The number of aliphatic carboxylic acids is 1. The second-order valence-corrected chi connectivity index (χ2v) is 6.42. The van der Waals surface area contributed by atoms with Crippen molar-refractivity contribution in [3.05, 3.63) is 28.7 Å². The first-order valence-electron chi connectivity index (χ1n) is 6.76. The van der Waals surface area contributed by atoms with Crippen LogP contribution >= 0.6 is 24.0 Å². The lowest BCUT2D eigenvalue weighted by Crippen LogP contribution is -2.43. The van der Waals surface area contributed by atoms with Gasteiger partial charge < -0.3 is 14.9 Å². The highest BCUT2D eigenvalue weighted by Gasteiger charge is 2.39. The number of benzene rings is 1. The summed E-state index contributed by atoms with van der Waals surface area (Å²) in [4.78, 5) is 25.2. The van der Waals surface area contributed by atoms with Gasteiger partial charge in [0.05, 0.1) is 12.0 Å². The minimum absolute atomic E-state index is 0.00544. The third-order valence-corrected chi connectivity index (χ3v) is 4.64. The smallest absolute Gasteiger partial charge is 0.326 e. The maximum absolute atomic E-state index is 12.5. The number of carbonyl (C=O) groups is 2. The van der Waals surface area contributed by atoms with Crippen LogP contribution in [0.4, 0.5) is 0 Å². The number of phenols is 1. The van der Waals surface area contributed by atoms with Crippen molar-refractivity contribution in [3.8, 4) is 11.5 Å². The molecule has 1 saturated heterocycles. The van der Waals surface area contributed by atoms with E-state index in [2.05, 4.69) is 0 Å². The number of ether oxygens (including phenoxy) is 1. The molecule has 1 aromatic carbocycles. The van der Waals surface area contributed by atoms with Crippen molar-refractivity contribution in [3.63, 3.8) is 0 Å². The lowest BCUT2D eigenvalue weighted by Gasteiger charge is -2.21. The largest absolute Gasteiger partial charge is 0.504 e. The highest BCUT2D eigenvalue weighted by atomic mass is 32.2. The van der Waals surface area contributed by atoms with Gasteiger partial charge in [0.2, 0.25) is 0 Å². The van der Waals surface area contributed by atoms with E-state index < -0.39 is 17.9 Å². The molecule has 1 atom stereocenters. The number of phenolic OH excluding ortho intramolecular Hbond substituents is 1. The Labute approximate surface area is 142 Å². The highest BCUT2D eigenvalue weighted by molar-refractivity contribution is 8.26. The van der Waals surface area contributed by atoms with Crippen molar-refractivity contribution in [1.29, 1.82) is 0 Å². The van der Waals surface area contributed by atoms with Gasteiger partial charge in [0.25, 0.3) is 5.91 Å². The second kappa shape index (κ2) is 7.01. The molecule has 1 heterocycles. The van der Waals surface area contributed by atoms with Gasteiger partial charge in [0, 0.05) is 0 Å². The highest BCUT2D eigenvalue weighted by Crippen LogP contribution is 2.35. The number of carbonyl (C=O) groups excluding carboxylic acids is 1. The van der Waals surface area contributed by atoms with Crippen molar-refractivity contribution in [2.45, 2.75) is 19.4 Å². The quantitative estimate of drug-likeness (QED) is 0.621. The lowest BCUT2D eigenvalue weighted by atomic mass is 10.1. The first-order chi connectivity index (χ1) is 10.9. The zero-order valence-electron chi connectivity index (χ0n) is 12.5. The number of nitrogens with zero attached hydrogens (tertiary/aromatic N) is 1. The predicted octanol–water partition coefficient (Wildman–Crippen LogP) is 2.47. The Kier molecular flexibility index (Phi) is 5.27. The molecule has 0 aromatic heterocycles. The third-order valence-electron chi connectivity index (χ3n) is 3.31. The molecule has 1 fully saturated rings. The zero-order valence-corrected chi connectivity index (χ0v) is 14.1. The van der Waals surface area contributed by atoms with Gasteiger partial charge in [-0.2, -0.15) is 0 Å². The summed E-state index contributed by atoms with van der Waals surface area (Å²) in [5, 5.41) is 18.8. The van der Waals surface area contributed by atoms with Crippen LogP contribution in [0, 0.1) is 0 Å². The number of aromatic hydroxyl groups is 1. The van der Waals surface area contributed by atoms with Crippen LogP contribution in [0.5, 0.6) is 11.5 Å². The summed E-state index contributed by atoms with van der Waals surface area (Å²) in [7, 11) is 1.43. The first-order valence-corrected chi connectivity index (χ1v) is 7.98. The summed E-state index contributed by atoms with van der Waals surface area (Å²) in [5.74, 6) is -1.24. The van der Waals surface area contributed by atoms with Crippen molar-refractivity contribution in [2.24, 2.45) is 0 Å². The summed E-state index contributed by atoms with van der Waals surface area (Å²) >= 11 is 6.20. The van der Waals surface area contributed by atoms with E-state index in [0.29, 0.717) is 10.5 Å². The third kappa shape index (κ3) is 3.48. The fourth-order valence-electron chi connectivity index (χ4n) is 2.15. The fraction of sp³-hybridized carbons (Fsp3) is 0.267. The van der Waals surface area contributed by atoms with Gasteiger partial charge >= 0.3 is 5.97 Å². The summed E-state index contributed by atoms with van der Waals surface area (Å²) in [6.07, 6.45) is 1.86. The van der Waals surface area contributed by atoms with Gasteiger partial charge in [-0.15, -0.1) is 0 Å². The lowest BCUT2D eigenvalue weighted by molar-refractivity contribution is -0.145. The molecule has 0 bridgehead atoms. The molecule has 0 unspecified atom stereocenters. The molecule has 1 aliphatic heterocycles. The normalized spacial score (nSPS) is 17.7. The van der Waals surface area contributed by atoms with Gasteiger partial charge in [-0.05, 0) is 30.2 Å². The maximum Gasteiger partial charge on any atom is 0.326 e. The average molecular weight is 353 g/mol. The van der Waals surface area contributed by atoms with Crippen LogP contribution in [0.2, 0.25) is 0 Å². The van der Waals surface area contributed by atoms with Gasteiger partial charge in [-0.3, -0.25) is 9.69 Å². The van der Waals surface area contributed by atoms with Crippen molar-refractivity contribution < 1.29 is 24.5 Å². The van der Waals surface area contributed by atoms with E-state index in [1.54, 1.807) is 25.1 Å². The summed E-state index contributed by atoms with van der Waals surface area (Å²) < 4.78 is 5.24. The van der Waals surface area contributed by atoms with Crippen molar-refractivity contribution >= 4 is 46.3 Å². The Morgan fingerprint density at radius 1 is 1.52 bits per heavy atom. The Bertz CT molecular complexity index is 701. The molecule has 122 valence electrons. The minimum atomic E-state index is -1.09. The van der Waals surface area contributed by atoms with E-state index in [4.69, 9.17) is 17.0 Å². The van der Waals surface area contributed by atoms with E-state index >= 15 is 0 Å². The number of hydrogen-bond acceptors (Lipinski definition) is 6. The maximum atomic E-state index is 12.5. The minimum Gasteiger partial charge on any atom is -0.504 e. The Balaban J connectivity index is 2.33. The number of carboxylic acid groups (broad SMARTS) is 1. The molecule has 23 heavy (non-hydrogen) atoms. The molecule has 0 aliphatic carbocycles. The van der Waals surface area contributed by atoms with Crippen LogP contribution in [0.3, 0.4) is 0 Å². The van der Waals surface area contributed by atoms with Gasteiger partial charge in [0.15, 0.2) is 11.5 Å². The van der Waals surface area contributed by atoms with Crippen LogP contribution < -0.4 is 4.74 Å². The van der Waals surface area contributed by atoms with Gasteiger partial charge in [-0.25, -0.2) is 4.79 Å². The van der Waals surface area contributed by atoms with Crippen LogP contribution in [0.25, 0.3) is 6.08 Å². The standard InChI is InChI=1S/C15H15NO5S2/c1-3-9(14(19)20)16-13(18)12(23-15(16)22)7-8-4-5-10(17)11(6-8)21-2/h4-7,9,17H,3H2,1-2H3,(H,19,20)/b12-7-/t9-/m1/s1. The van der Waals surface area contributed by atoms with Gasteiger partial charge in [-0.1, -0.05) is 37.0 Å². The summed E-state index contributed by atoms with van der Waals surface area (Å²) in [5.41, 5.74) is 0.642. The van der Waals surface area contributed by atoms with E-state index in [1.807, 2.05) is 0 Å². The number of thioether (sulfide) groups is 1. The monoisotopic (exact) mass is 353 g/mol. The van der Waals surface area contributed by atoms with E-state index in [9.17, 15) is 19.8 Å². The fourth-order valence-corrected chi connectivity index (χ4v) is 3.51. The van der Waals surface area contributed by atoms with E-state index in [1.165, 1.54) is 13.2 Å². The molecule has 2 rings (SSSR count). The molecule has 0 radical (unpaired) electrons. The molecule has 1 aliphatic rings. The molecule has 6 nitrogen and oxygen atoms in total. The number of methoxy groups -OCH3 is 1. The number of rotatable bonds is 5. The summed E-state index contributed by atoms with van der Waals surface area (Å²) in [6.45, 7) is 1.69. The Morgan fingerprint density at radius 2 is 2.22 bits per heavy atom. The predicted molar refractivity (Wildman–Crippen MR) is 91.4 cm³/mol. The summed E-state index contributed by atoms with van der Waals surface area (Å²) in [6, 6.07) is 3.69. The number of carboxylic acids is 1. The zero-order chi connectivity index (χ0) is 17.1. The SMILES string of the molecule is CC[C@H](C(=O)O)N1C(=O)/C(=C/c2ccc(O)c(OC)c2)SC1=S. The second-order valence-electron chi connectivity index (χ2n) is 4.75. The molecule has 1 amide bonds. The number of amides is 1. The van der Waals surface area contributed by atoms with Crippen LogP contribution in [0.15, 0.2) is 23.1 Å². The van der Waals surface area contributed by atoms with E-state index in [-0.39, 0.29) is 22.2 Å². The van der Waals surface area contributed by atoms with Crippen molar-refractivity contribution in [2.75, 3.05) is 7.11 Å². The van der Waals surface area contributed by atoms with Gasteiger partial charge in [0.1, 0.15) is 10.4 Å². The van der Waals surface area contributed by atoms with Crippen LogP contribution in [-0.2, 0) is 9.59 Å². The van der Waals surface area contributed by atoms with E-state index in [0.717, 1.165) is 16.7 Å².